The van der Waals surface area contributed by atoms with Crippen LogP contribution < -0.4 is 15.7 Å². The Morgan fingerprint density at radius 1 is 0.737 bits per heavy atom. The third-order valence-corrected chi connectivity index (χ3v) is 9.51. The number of nitrogens with two attached hydrogens (primary N) is 1. The molecule has 0 unspecified atom stereocenters. The molecule has 0 aliphatic rings. The summed E-state index contributed by atoms with van der Waals surface area (Å²) >= 11 is 0. The minimum Gasteiger partial charge on any atom is -0.399 e. The molecular weight excluding hydrogens is 703 g/mol. The van der Waals surface area contributed by atoms with E-state index in [1.165, 1.54) is 22.5 Å². The van der Waals surface area contributed by atoms with Crippen LogP contribution in [-0.4, -0.2) is 24.8 Å². The maximum Gasteiger partial charge on any atom is 0.236 e. The van der Waals surface area contributed by atoms with Crippen molar-refractivity contribution in [2.45, 2.75) is 47.1 Å². The van der Waals surface area contributed by atoms with E-state index >= 15 is 0 Å². The molecule has 0 saturated heterocycles. The lowest BCUT2D eigenvalue weighted by atomic mass is 10.1. The van der Waals surface area contributed by atoms with Crippen LogP contribution in [-0.2, 0) is 19.4 Å². The Morgan fingerprint density at radius 3 is 2.00 bits per heavy atom. The number of hydrogen-bond acceptors (Lipinski definition) is 5. The maximum atomic E-state index is 6.71. The van der Waals surface area contributed by atoms with E-state index < -0.39 is 0 Å². The molecule has 4 aromatic heterocycles. The Labute approximate surface area is 335 Å². The predicted molar refractivity (Wildman–Crippen MR) is 231 cm³/mol. The number of aromatic amines is 1. The van der Waals surface area contributed by atoms with E-state index in [1.807, 2.05) is 96.8 Å². The van der Waals surface area contributed by atoms with E-state index in [-0.39, 0.29) is 0 Å². The predicted octanol–water partition coefficient (Wildman–Crippen LogP) is 10.5. The number of nitrogens with one attached hydrogen (secondary N) is 2. The average molecular weight is 751 g/mol. The second-order valence-electron chi connectivity index (χ2n) is 13.4. The molecule has 0 aliphatic heterocycles. The van der Waals surface area contributed by atoms with Crippen molar-refractivity contribution < 1.29 is 4.68 Å². The Kier molecular flexibility index (Phi) is 13.4. The van der Waals surface area contributed by atoms with Crippen molar-refractivity contribution in [3.05, 3.63) is 198 Å². The summed E-state index contributed by atoms with van der Waals surface area (Å²) in [5.41, 5.74) is 20.7. The second-order valence-corrected chi connectivity index (χ2v) is 13.4. The molecule has 0 saturated carbocycles. The van der Waals surface area contributed by atoms with Gasteiger partial charge < -0.3 is 11.1 Å². The van der Waals surface area contributed by atoms with Crippen LogP contribution in [0.5, 0.6) is 0 Å². The van der Waals surface area contributed by atoms with Gasteiger partial charge in [0.2, 0.25) is 11.4 Å². The number of nitrogen functional groups attached to an aromatic ring is 1. The van der Waals surface area contributed by atoms with Gasteiger partial charge in [0.25, 0.3) is 0 Å². The first kappa shape index (κ1) is 39.4. The highest BCUT2D eigenvalue weighted by atomic mass is 15.3. The van der Waals surface area contributed by atoms with Crippen molar-refractivity contribution in [1.29, 1.82) is 0 Å². The SMILES string of the molecule is CCc1cc(-c2cccnc2)[nH][n+]1-c1ccc(N)cc1.CCc1cc(-c2cccnc2)nn1-c1ccc(NCc2ccccc2C)cc1.[C-]#[N+]c1ccccc1C. The highest BCUT2D eigenvalue weighted by Gasteiger charge is 2.18. The number of aryl methyl sites for hydroxylation is 4. The minimum atomic E-state index is 0.748. The Bertz CT molecular complexity index is 2510. The average Bonchev–Trinajstić information content (AvgIpc) is 3.91. The van der Waals surface area contributed by atoms with Crippen molar-refractivity contribution in [1.82, 2.24) is 24.8 Å². The molecule has 4 aromatic carbocycles. The van der Waals surface area contributed by atoms with Gasteiger partial charge in [0.1, 0.15) is 5.69 Å². The fraction of sp³-hybridized carbons (Fsp3) is 0.146. The Balaban J connectivity index is 0.000000164. The molecule has 0 atom stereocenters. The number of aromatic nitrogens is 6. The molecule has 284 valence electrons. The van der Waals surface area contributed by atoms with Crippen molar-refractivity contribution in [3.8, 4) is 33.9 Å². The summed E-state index contributed by atoms with van der Waals surface area (Å²) in [5, 5.41) is 11.7. The number of hydrogen-bond donors (Lipinski definition) is 3. The second kappa shape index (κ2) is 19.3. The van der Waals surface area contributed by atoms with E-state index in [0.29, 0.717) is 0 Å². The summed E-state index contributed by atoms with van der Waals surface area (Å²) in [6.07, 6.45) is 9.13. The molecule has 8 rings (SSSR count). The van der Waals surface area contributed by atoms with Crippen LogP contribution in [0.1, 0.15) is 41.9 Å². The normalized spacial score (nSPS) is 10.4. The number of pyridine rings is 2. The largest absolute Gasteiger partial charge is 0.399 e. The van der Waals surface area contributed by atoms with Crippen molar-refractivity contribution in [2.24, 2.45) is 0 Å². The minimum absolute atomic E-state index is 0.748. The Hall–Kier alpha value is -7.31. The quantitative estimate of drug-likeness (QED) is 0.0774. The third kappa shape index (κ3) is 10.3. The summed E-state index contributed by atoms with van der Waals surface area (Å²) in [6, 6.07) is 44.6. The number of benzene rings is 4. The molecule has 0 bridgehead atoms. The monoisotopic (exact) mass is 750 g/mol. The standard InChI is InChI=1S/C24H24N4.C16H16N4.C8H7N/c1-3-22-15-24(20-9-6-14-25-16-20)27-28(22)23-12-10-21(11-13-23)26-17-19-8-5-4-7-18(19)2;1-2-14-10-16(12-4-3-9-18-11-12)19-20(14)15-7-5-13(17)6-8-15;1-7-5-3-4-6-8(7)9-2/h4-16,26H,3,17H2,1-2H3;3-11H,2,17H2,1H3;3-6H,1H3/p+1. The van der Waals surface area contributed by atoms with Crippen LogP contribution in [0.3, 0.4) is 0 Å². The zero-order valence-electron chi connectivity index (χ0n) is 32.9. The van der Waals surface area contributed by atoms with E-state index in [0.717, 1.165) is 75.9 Å². The molecule has 0 radical (unpaired) electrons. The van der Waals surface area contributed by atoms with Gasteiger partial charge in [-0.3, -0.25) is 9.97 Å². The van der Waals surface area contributed by atoms with Crippen LogP contribution in [0.4, 0.5) is 17.1 Å². The topological polar surface area (TPSA) is 106 Å². The molecule has 9 heteroatoms. The third-order valence-electron chi connectivity index (χ3n) is 9.51. The Morgan fingerprint density at radius 2 is 1.40 bits per heavy atom. The highest BCUT2D eigenvalue weighted by molar-refractivity contribution is 5.60. The summed E-state index contributed by atoms with van der Waals surface area (Å²) in [5.74, 6) is 0. The van der Waals surface area contributed by atoms with Crippen molar-refractivity contribution in [3.63, 3.8) is 0 Å². The van der Waals surface area contributed by atoms with Crippen LogP contribution in [0.25, 0.3) is 38.7 Å². The summed E-state index contributed by atoms with van der Waals surface area (Å²) < 4.78 is 4.11. The molecule has 57 heavy (non-hydrogen) atoms. The van der Waals surface area contributed by atoms with Gasteiger partial charge in [-0.05, 0) is 104 Å². The molecule has 9 nitrogen and oxygen atoms in total. The summed E-state index contributed by atoms with van der Waals surface area (Å²) in [7, 11) is 0. The van der Waals surface area contributed by atoms with Crippen LogP contribution in [0.2, 0.25) is 0 Å². The zero-order valence-corrected chi connectivity index (χ0v) is 32.9. The lowest BCUT2D eigenvalue weighted by Gasteiger charge is -2.11. The van der Waals surface area contributed by atoms with Gasteiger partial charge >= 0.3 is 0 Å². The van der Waals surface area contributed by atoms with Gasteiger partial charge in [0.15, 0.2) is 5.69 Å². The molecule has 4 heterocycles. The van der Waals surface area contributed by atoms with Crippen molar-refractivity contribution >= 4 is 17.1 Å². The van der Waals surface area contributed by atoms with E-state index in [2.05, 4.69) is 111 Å². The first-order valence-corrected chi connectivity index (χ1v) is 19.1. The number of nitrogens with zero attached hydrogens (tertiary/aromatic N) is 6. The van der Waals surface area contributed by atoms with Gasteiger partial charge in [-0.1, -0.05) is 67.1 Å². The first-order chi connectivity index (χ1) is 27.9. The van der Waals surface area contributed by atoms with Crippen LogP contribution in [0.15, 0.2) is 158 Å². The number of anilines is 2. The van der Waals surface area contributed by atoms with Crippen LogP contribution in [0, 0.1) is 20.4 Å². The number of H-pyrrole nitrogens is 1. The smallest absolute Gasteiger partial charge is 0.236 e. The van der Waals surface area contributed by atoms with Gasteiger partial charge in [0, 0.05) is 84.1 Å². The van der Waals surface area contributed by atoms with Gasteiger partial charge in [-0.2, -0.15) is 10.2 Å². The van der Waals surface area contributed by atoms with E-state index in [4.69, 9.17) is 17.4 Å². The van der Waals surface area contributed by atoms with Crippen molar-refractivity contribution in [2.75, 3.05) is 11.1 Å². The summed E-state index contributed by atoms with van der Waals surface area (Å²) in [6.45, 7) is 15.9. The summed E-state index contributed by atoms with van der Waals surface area (Å²) in [4.78, 5) is 11.7. The number of rotatable bonds is 9. The van der Waals surface area contributed by atoms with Gasteiger partial charge in [0.05, 0.1) is 18.0 Å². The zero-order chi connectivity index (χ0) is 40.0. The lowest BCUT2D eigenvalue weighted by molar-refractivity contribution is -0.662. The molecule has 0 spiro atoms. The van der Waals surface area contributed by atoms with Gasteiger partial charge in [-0.25, -0.2) is 9.53 Å². The molecule has 0 aliphatic carbocycles. The molecule has 4 N–H and O–H groups in total. The number of para-hydroxylation sites is 1. The molecular formula is C48H48N9+. The fourth-order valence-electron chi connectivity index (χ4n) is 6.21. The molecule has 0 fully saturated rings. The van der Waals surface area contributed by atoms with Crippen LogP contribution >= 0.6 is 0 Å². The molecule has 0 amide bonds. The maximum absolute atomic E-state index is 6.71. The first-order valence-electron chi connectivity index (χ1n) is 19.1. The van der Waals surface area contributed by atoms with Gasteiger partial charge in [-0.15, -0.1) is 0 Å². The van der Waals surface area contributed by atoms with E-state index in [9.17, 15) is 0 Å². The highest BCUT2D eigenvalue weighted by Crippen LogP contribution is 2.23. The fourth-order valence-corrected chi connectivity index (χ4v) is 6.21. The van der Waals surface area contributed by atoms with E-state index in [1.54, 1.807) is 12.4 Å². The lowest BCUT2D eigenvalue weighted by Crippen LogP contribution is -2.36. The molecule has 8 aromatic rings.